The lowest BCUT2D eigenvalue weighted by Gasteiger charge is -2.38. The summed E-state index contributed by atoms with van der Waals surface area (Å²) >= 11 is 1.21. The molecule has 0 aliphatic carbocycles. The number of nitrogens with zero attached hydrogens (tertiary/aromatic N) is 2. The van der Waals surface area contributed by atoms with Crippen LogP contribution in [0.5, 0.6) is 0 Å². The highest BCUT2D eigenvalue weighted by atomic mass is 32.1. The Morgan fingerprint density at radius 2 is 2.16 bits per heavy atom. The van der Waals surface area contributed by atoms with Crippen LogP contribution in [0.4, 0.5) is 9.18 Å². The number of thiophene rings is 1. The number of hydrogen-bond acceptors (Lipinski definition) is 5. The molecule has 0 spiro atoms. The first-order valence-corrected chi connectivity index (χ1v) is 12.3. The molecule has 0 bridgehead atoms. The van der Waals surface area contributed by atoms with Crippen LogP contribution in [-0.2, 0) is 16.7 Å². The molecular formula is C25H36FN3O2S. The number of aromatic nitrogens is 1. The number of aryl methyl sites for hydroxylation is 2. The topological polar surface area (TPSA) is 54.5 Å². The van der Waals surface area contributed by atoms with Gasteiger partial charge in [0.05, 0.1) is 0 Å². The van der Waals surface area contributed by atoms with E-state index in [0.29, 0.717) is 6.54 Å². The van der Waals surface area contributed by atoms with Gasteiger partial charge in [0, 0.05) is 40.8 Å². The van der Waals surface area contributed by atoms with E-state index >= 15 is 0 Å². The normalized spacial score (nSPS) is 20.3. The number of likely N-dealkylation sites (tertiary alicyclic amines) is 1. The molecule has 32 heavy (non-hydrogen) atoms. The van der Waals surface area contributed by atoms with Gasteiger partial charge in [0.25, 0.3) is 0 Å². The summed E-state index contributed by atoms with van der Waals surface area (Å²) in [5.74, 6) is 0. The number of pyridine rings is 1. The van der Waals surface area contributed by atoms with Gasteiger partial charge in [0.1, 0.15) is 6.10 Å². The third-order valence-corrected chi connectivity index (χ3v) is 7.80. The van der Waals surface area contributed by atoms with Gasteiger partial charge in [0.15, 0.2) is 5.13 Å². The number of carbonyl (C=O) groups is 1. The molecule has 1 amide bonds. The van der Waals surface area contributed by atoms with Gasteiger partial charge in [-0.1, -0.05) is 13.0 Å². The first kappa shape index (κ1) is 24.6. The van der Waals surface area contributed by atoms with Crippen LogP contribution in [0, 0.1) is 17.5 Å². The Morgan fingerprint density at radius 1 is 1.38 bits per heavy atom. The molecular weight excluding hydrogens is 425 g/mol. The molecule has 5 nitrogen and oxygen atoms in total. The predicted octanol–water partition coefficient (Wildman–Crippen LogP) is 5.68. The van der Waals surface area contributed by atoms with E-state index < -0.39 is 0 Å². The molecule has 1 aliphatic heterocycles. The smallest absolute Gasteiger partial charge is 0.407 e. The Morgan fingerprint density at radius 3 is 2.78 bits per heavy atom. The largest absolute Gasteiger partial charge is 0.447 e. The molecule has 176 valence electrons. The summed E-state index contributed by atoms with van der Waals surface area (Å²) in [6.07, 6.45) is 4.94. The molecule has 0 aromatic carbocycles. The van der Waals surface area contributed by atoms with Gasteiger partial charge in [-0.05, 0) is 83.7 Å². The number of ether oxygens (including phenoxy) is 1. The molecule has 7 heteroatoms. The quantitative estimate of drug-likeness (QED) is 0.522. The second-order valence-electron chi connectivity index (χ2n) is 9.60. The lowest BCUT2D eigenvalue weighted by molar-refractivity contribution is 0.0958. The van der Waals surface area contributed by atoms with Crippen LogP contribution in [0.3, 0.4) is 0 Å². The predicted molar refractivity (Wildman–Crippen MR) is 127 cm³/mol. The second-order valence-corrected chi connectivity index (χ2v) is 10.7. The first-order chi connectivity index (χ1) is 15.1. The zero-order valence-corrected chi connectivity index (χ0v) is 20.7. The van der Waals surface area contributed by atoms with Gasteiger partial charge in [-0.3, -0.25) is 9.88 Å². The third kappa shape index (κ3) is 6.07. The minimum absolute atomic E-state index is 0.0929. The number of carbonyl (C=O) groups excluding carboxylic acids is 1. The number of nitrogens with one attached hydrogen (secondary N) is 1. The van der Waals surface area contributed by atoms with Gasteiger partial charge in [-0.2, -0.15) is 4.39 Å². The highest BCUT2D eigenvalue weighted by molar-refractivity contribution is 7.10. The van der Waals surface area contributed by atoms with Crippen molar-refractivity contribution in [2.24, 2.45) is 5.41 Å². The average Bonchev–Trinajstić information content (AvgIpc) is 3.38. The molecule has 3 heterocycles. The third-order valence-electron chi connectivity index (χ3n) is 6.87. The van der Waals surface area contributed by atoms with Crippen molar-refractivity contribution < 1.29 is 13.9 Å². The number of alkyl carbamates (subject to hydrolysis) is 1. The Balaban J connectivity index is 1.73. The van der Waals surface area contributed by atoms with E-state index in [1.165, 1.54) is 23.0 Å². The second kappa shape index (κ2) is 10.3. The Bertz CT molecular complexity index is 899. The van der Waals surface area contributed by atoms with E-state index in [9.17, 15) is 9.18 Å². The average molecular weight is 462 g/mol. The lowest BCUT2D eigenvalue weighted by Crippen LogP contribution is -2.45. The first-order valence-electron chi connectivity index (χ1n) is 11.5. The van der Waals surface area contributed by atoms with E-state index in [1.807, 2.05) is 33.0 Å². The van der Waals surface area contributed by atoms with E-state index in [2.05, 4.69) is 41.2 Å². The van der Waals surface area contributed by atoms with Gasteiger partial charge in [-0.15, -0.1) is 11.3 Å². The fourth-order valence-corrected chi connectivity index (χ4v) is 5.03. The summed E-state index contributed by atoms with van der Waals surface area (Å²) < 4.78 is 18.9. The lowest BCUT2D eigenvalue weighted by atomic mass is 9.81. The van der Waals surface area contributed by atoms with Crippen LogP contribution in [0.25, 0.3) is 0 Å². The van der Waals surface area contributed by atoms with Crippen LogP contribution in [0.15, 0.2) is 30.5 Å². The van der Waals surface area contributed by atoms with E-state index in [-0.39, 0.29) is 28.3 Å². The molecule has 1 aliphatic rings. The van der Waals surface area contributed by atoms with Crippen molar-refractivity contribution in [3.05, 3.63) is 51.7 Å². The molecule has 1 N–H and O–H groups in total. The van der Waals surface area contributed by atoms with E-state index in [0.717, 1.165) is 49.3 Å². The number of halogens is 1. The minimum atomic E-state index is -0.360. The maximum absolute atomic E-state index is 13.5. The molecule has 3 rings (SSSR count). The van der Waals surface area contributed by atoms with Crippen LogP contribution in [-0.4, -0.2) is 41.7 Å². The Labute approximate surface area is 195 Å². The van der Waals surface area contributed by atoms with E-state index in [1.54, 1.807) is 0 Å². The molecule has 1 saturated heterocycles. The molecule has 0 saturated carbocycles. The summed E-state index contributed by atoms with van der Waals surface area (Å²) in [5.41, 5.74) is 1.93. The molecule has 2 aromatic heterocycles. The van der Waals surface area contributed by atoms with Crippen molar-refractivity contribution in [3.8, 4) is 0 Å². The molecule has 2 atom stereocenters. The molecule has 2 aromatic rings. The number of rotatable bonds is 9. The minimum Gasteiger partial charge on any atom is -0.447 e. The van der Waals surface area contributed by atoms with Crippen LogP contribution < -0.4 is 5.32 Å². The van der Waals surface area contributed by atoms with Crippen molar-refractivity contribution in [1.82, 2.24) is 15.2 Å². The highest BCUT2D eigenvalue weighted by Gasteiger charge is 2.43. The summed E-state index contributed by atoms with van der Waals surface area (Å²) in [4.78, 5) is 20.3. The van der Waals surface area contributed by atoms with Gasteiger partial charge in [-0.25, -0.2) is 4.79 Å². The van der Waals surface area contributed by atoms with Gasteiger partial charge < -0.3 is 10.1 Å². The zero-order chi connectivity index (χ0) is 23.4. The SMILES string of the molecule is CCC(C)OC(=O)NCC1(CCc2ccc(F)s2)CCN(C(C)(C)c2ccc(C)nc2)C1. The van der Waals surface area contributed by atoms with Crippen molar-refractivity contribution in [2.75, 3.05) is 19.6 Å². The van der Waals surface area contributed by atoms with Crippen molar-refractivity contribution in [2.45, 2.75) is 71.9 Å². The van der Waals surface area contributed by atoms with Crippen molar-refractivity contribution >= 4 is 17.4 Å². The molecule has 2 unspecified atom stereocenters. The number of amides is 1. The standard InChI is InChI=1S/C25H36FN3O2S/c1-6-19(3)31-23(30)28-16-25(12-11-21-9-10-22(26)32-21)13-14-29(17-25)24(4,5)20-8-7-18(2)27-15-20/h7-10,15,19H,6,11-14,16-17H2,1-5H3,(H,28,30). The van der Waals surface area contributed by atoms with Gasteiger partial charge in [0.2, 0.25) is 0 Å². The summed E-state index contributed by atoms with van der Waals surface area (Å²) in [7, 11) is 0. The maximum atomic E-state index is 13.5. The Hall–Kier alpha value is -1.99. The van der Waals surface area contributed by atoms with Crippen LogP contribution >= 0.6 is 11.3 Å². The fraction of sp³-hybridized carbons (Fsp3) is 0.600. The fourth-order valence-electron chi connectivity index (χ4n) is 4.30. The van der Waals surface area contributed by atoms with Crippen LogP contribution in [0.2, 0.25) is 0 Å². The zero-order valence-electron chi connectivity index (χ0n) is 19.9. The van der Waals surface area contributed by atoms with Crippen molar-refractivity contribution in [1.29, 1.82) is 0 Å². The summed E-state index contributed by atoms with van der Waals surface area (Å²) in [6, 6.07) is 7.60. The Kier molecular flexibility index (Phi) is 7.93. The monoisotopic (exact) mass is 461 g/mol. The summed E-state index contributed by atoms with van der Waals surface area (Å²) in [5, 5.41) is 2.87. The van der Waals surface area contributed by atoms with Crippen LogP contribution in [0.1, 0.15) is 63.1 Å². The summed E-state index contributed by atoms with van der Waals surface area (Å²) in [6.45, 7) is 12.7. The van der Waals surface area contributed by atoms with Gasteiger partial charge >= 0.3 is 6.09 Å². The maximum Gasteiger partial charge on any atom is 0.407 e. The molecule has 0 radical (unpaired) electrons. The number of hydrogen-bond donors (Lipinski definition) is 1. The highest BCUT2D eigenvalue weighted by Crippen LogP contribution is 2.41. The van der Waals surface area contributed by atoms with Crippen molar-refractivity contribution in [3.63, 3.8) is 0 Å². The molecule has 1 fully saturated rings. The van der Waals surface area contributed by atoms with E-state index in [4.69, 9.17) is 4.74 Å².